The molecule has 1 atom stereocenters. The van der Waals surface area contributed by atoms with E-state index >= 15 is 0 Å². The molecule has 4 rings (SSSR count). The van der Waals surface area contributed by atoms with E-state index in [9.17, 15) is 4.21 Å². The normalized spacial score (nSPS) is 12.5. The van der Waals surface area contributed by atoms with E-state index in [0.29, 0.717) is 23.8 Å². The van der Waals surface area contributed by atoms with Crippen molar-refractivity contribution in [3.63, 3.8) is 0 Å². The number of nitrogens with one attached hydrogen (secondary N) is 1. The summed E-state index contributed by atoms with van der Waals surface area (Å²) in [7, 11) is -0.992. The van der Waals surface area contributed by atoms with Gasteiger partial charge in [0.25, 0.3) is 0 Å². The highest BCUT2D eigenvalue weighted by Crippen LogP contribution is 2.34. The van der Waals surface area contributed by atoms with E-state index < -0.39 is 10.8 Å². The molecule has 6 nitrogen and oxygen atoms in total. The van der Waals surface area contributed by atoms with Gasteiger partial charge in [-0.1, -0.05) is 13.0 Å². The second-order valence-corrected chi connectivity index (χ2v) is 7.51. The van der Waals surface area contributed by atoms with Gasteiger partial charge in [-0.05, 0) is 42.0 Å². The van der Waals surface area contributed by atoms with Gasteiger partial charge in [0.1, 0.15) is 23.4 Å². The average molecular weight is 366 g/mol. The minimum Gasteiger partial charge on any atom is -0.493 e. The van der Waals surface area contributed by atoms with Gasteiger partial charge in [-0.25, -0.2) is 15.0 Å². The van der Waals surface area contributed by atoms with Crippen molar-refractivity contribution in [3.05, 3.63) is 42.9 Å². The fourth-order valence-corrected chi connectivity index (χ4v) is 3.72. The first-order chi connectivity index (χ1) is 12.7. The lowest BCUT2D eigenvalue weighted by Crippen LogP contribution is -1.97. The molecule has 0 fully saturated rings. The minimum absolute atomic E-state index is 0.552. The maximum atomic E-state index is 12.2. The SMILES string of the molecule is CCOc1cc2ccc(S(=O)CC)cc2cc1-c1nc2ncncc2[nH]1. The van der Waals surface area contributed by atoms with Crippen LogP contribution < -0.4 is 4.74 Å². The fraction of sp³-hybridized carbons (Fsp3) is 0.211. The first-order valence-corrected chi connectivity index (χ1v) is 9.76. The number of hydrogen-bond acceptors (Lipinski definition) is 5. The highest BCUT2D eigenvalue weighted by molar-refractivity contribution is 7.85. The molecule has 0 bridgehead atoms. The minimum atomic E-state index is -0.992. The standard InChI is InChI=1S/C19H18N4O2S/c1-3-25-17-9-12-5-6-14(26(24)4-2)7-13(12)8-15(17)18-22-16-10-20-11-21-19(16)23-18/h5-11H,3-4H2,1-2H3,(H,20,21,22,23). The number of H-pyrrole nitrogens is 1. The highest BCUT2D eigenvalue weighted by atomic mass is 32.2. The Balaban J connectivity index is 1.92. The molecule has 0 aliphatic carbocycles. The van der Waals surface area contributed by atoms with E-state index in [2.05, 4.69) is 19.9 Å². The molecule has 0 aliphatic rings. The predicted octanol–water partition coefficient (Wildman–Crippen LogP) is 3.70. The van der Waals surface area contributed by atoms with Crippen LogP contribution in [0.3, 0.4) is 0 Å². The van der Waals surface area contributed by atoms with Gasteiger partial charge in [0.15, 0.2) is 5.65 Å². The van der Waals surface area contributed by atoms with Crippen molar-refractivity contribution in [1.82, 2.24) is 19.9 Å². The van der Waals surface area contributed by atoms with Crippen LogP contribution in [0.4, 0.5) is 0 Å². The Bertz CT molecular complexity index is 1090. The van der Waals surface area contributed by atoms with E-state index in [1.807, 2.05) is 44.2 Å². The Morgan fingerprint density at radius 1 is 1.15 bits per heavy atom. The number of hydrogen-bond donors (Lipinski definition) is 1. The summed E-state index contributed by atoms with van der Waals surface area (Å²) >= 11 is 0. The number of fused-ring (bicyclic) bond motifs is 2. The summed E-state index contributed by atoms with van der Waals surface area (Å²) in [5, 5.41) is 2.03. The van der Waals surface area contributed by atoms with Crippen molar-refractivity contribution in [2.75, 3.05) is 12.4 Å². The summed E-state index contributed by atoms with van der Waals surface area (Å²) < 4.78 is 18.0. The van der Waals surface area contributed by atoms with Gasteiger partial charge < -0.3 is 9.72 Å². The lowest BCUT2D eigenvalue weighted by Gasteiger charge is -2.11. The molecule has 1 unspecified atom stereocenters. The molecule has 2 heterocycles. The lowest BCUT2D eigenvalue weighted by atomic mass is 10.1. The summed E-state index contributed by atoms with van der Waals surface area (Å²) in [5.41, 5.74) is 2.22. The zero-order chi connectivity index (χ0) is 18.1. The Morgan fingerprint density at radius 2 is 2.04 bits per heavy atom. The molecule has 2 aromatic carbocycles. The molecule has 0 saturated carbocycles. The topological polar surface area (TPSA) is 80.8 Å². The van der Waals surface area contributed by atoms with Gasteiger partial charge in [-0.15, -0.1) is 0 Å². The van der Waals surface area contributed by atoms with Crippen molar-refractivity contribution in [2.45, 2.75) is 18.7 Å². The second-order valence-electron chi connectivity index (χ2n) is 5.77. The number of benzene rings is 2. The van der Waals surface area contributed by atoms with Crippen molar-refractivity contribution >= 4 is 32.7 Å². The van der Waals surface area contributed by atoms with Gasteiger partial charge >= 0.3 is 0 Å². The van der Waals surface area contributed by atoms with Crippen LogP contribution in [0.2, 0.25) is 0 Å². The fourth-order valence-electron chi connectivity index (χ4n) is 2.91. The Hall–Kier alpha value is -2.80. The van der Waals surface area contributed by atoms with Crippen molar-refractivity contribution in [1.29, 1.82) is 0 Å². The number of ether oxygens (including phenoxy) is 1. The number of imidazole rings is 1. The maximum absolute atomic E-state index is 12.2. The lowest BCUT2D eigenvalue weighted by molar-refractivity contribution is 0.342. The number of rotatable bonds is 5. The molecule has 4 aromatic rings. The van der Waals surface area contributed by atoms with E-state index in [0.717, 1.165) is 32.5 Å². The van der Waals surface area contributed by atoms with E-state index in [1.54, 1.807) is 6.20 Å². The average Bonchev–Trinajstić information content (AvgIpc) is 3.10. The number of nitrogens with zero attached hydrogens (tertiary/aromatic N) is 3. The first-order valence-electron chi connectivity index (χ1n) is 8.44. The summed E-state index contributed by atoms with van der Waals surface area (Å²) in [5.74, 6) is 2.02. The van der Waals surface area contributed by atoms with Crippen LogP contribution in [-0.4, -0.2) is 36.5 Å². The maximum Gasteiger partial charge on any atom is 0.181 e. The molecule has 26 heavy (non-hydrogen) atoms. The summed E-state index contributed by atoms with van der Waals surface area (Å²) in [4.78, 5) is 16.8. The monoisotopic (exact) mass is 366 g/mol. The van der Waals surface area contributed by atoms with Crippen molar-refractivity contribution in [2.24, 2.45) is 0 Å². The van der Waals surface area contributed by atoms with Crippen LogP contribution in [0.25, 0.3) is 33.3 Å². The van der Waals surface area contributed by atoms with Gasteiger partial charge in [0.05, 0.1) is 29.2 Å². The van der Waals surface area contributed by atoms with Crippen LogP contribution in [0.15, 0.2) is 47.8 Å². The molecule has 0 amide bonds. The van der Waals surface area contributed by atoms with Crippen LogP contribution in [0.5, 0.6) is 5.75 Å². The van der Waals surface area contributed by atoms with Crippen LogP contribution in [0.1, 0.15) is 13.8 Å². The van der Waals surface area contributed by atoms with E-state index in [-0.39, 0.29) is 0 Å². The first kappa shape index (κ1) is 16.7. The predicted molar refractivity (Wildman–Crippen MR) is 103 cm³/mol. The molecule has 1 N–H and O–H groups in total. The third-order valence-electron chi connectivity index (χ3n) is 4.15. The third-order valence-corrected chi connectivity index (χ3v) is 5.46. The smallest absolute Gasteiger partial charge is 0.181 e. The number of aromatic amines is 1. The third kappa shape index (κ3) is 2.94. The highest BCUT2D eigenvalue weighted by Gasteiger charge is 2.14. The van der Waals surface area contributed by atoms with Crippen molar-refractivity contribution in [3.8, 4) is 17.1 Å². The van der Waals surface area contributed by atoms with Gasteiger partial charge in [0.2, 0.25) is 0 Å². The quantitative estimate of drug-likeness (QED) is 0.582. The van der Waals surface area contributed by atoms with Crippen LogP contribution in [0, 0.1) is 0 Å². The van der Waals surface area contributed by atoms with Crippen LogP contribution >= 0.6 is 0 Å². The molecule has 7 heteroatoms. The second kappa shape index (κ2) is 6.84. The van der Waals surface area contributed by atoms with E-state index in [1.165, 1.54) is 6.33 Å². The zero-order valence-corrected chi connectivity index (χ0v) is 15.3. The molecule has 0 spiro atoms. The summed E-state index contributed by atoms with van der Waals surface area (Å²) in [6.07, 6.45) is 3.17. The Kier molecular flexibility index (Phi) is 4.38. The van der Waals surface area contributed by atoms with Crippen LogP contribution in [-0.2, 0) is 10.8 Å². The molecule has 2 aromatic heterocycles. The Morgan fingerprint density at radius 3 is 2.81 bits per heavy atom. The summed E-state index contributed by atoms with van der Waals surface area (Å²) in [6.45, 7) is 4.42. The summed E-state index contributed by atoms with van der Waals surface area (Å²) in [6, 6.07) is 9.87. The molecule has 0 radical (unpaired) electrons. The molecular weight excluding hydrogens is 348 g/mol. The van der Waals surface area contributed by atoms with E-state index in [4.69, 9.17) is 4.74 Å². The molecular formula is C19H18N4O2S. The van der Waals surface area contributed by atoms with Gasteiger partial charge in [-0.2, -0.15) is 0 Å². The van der Waals surface area contributed by atoms with Gasteiger partial charge in [-0.3, -0.25) is 4.21 Å². The van der Waals surface area contributed by atoms with Crippen molar-refractivity contribution < 1.29 is 8.95 Å². The molecule has 0 saturated heterocycles. The molecule has 132 valence electrons. The Labute approximate surface area is 153 Å². The largest absolute Gasteiger partial charge is 0.493 e. The number of aromatic nitrogens is 4. The zero-order valence-electron chi connectivity index (χ0n) is 14.5. The molecule has 0 aliphatic heterocycles. The van der Waals surface area contributed by atoms with Gasteiger partial charge in [0, 0.05) is 10.6 Å².